The minimum Gasteiger partial charge on any atom is -0.390 e. The summed E-state index contributed by atoms with van der Waals surface area (Å²) < 4.78 is 0. The van der Waals surface area contributed by atoms with Crippen LogP contribution in [0.4, 0.5) is 0 Å². The molecule has 4 aliphatic rings. The van der Waals surface area contributed by atoms with Gasteiger partial charge in [-0.1, -0.05) is 53.9 Å². The molecule has 2 heteroatoms. The monoisotopic (exact) mass is 404 g/mol. The number of aliphatic hydroxyl groups excluding tert-OH is 2. The number of fused-ring (bicyclic) bond motifs is 5. The van der Waals surface area contributed by atoms with E-state index in [0.29, 0.717) is 11.3 Å². The Labute approximate surface area is 180 Å². The standard InChI is InChI=1S/C27H48O2/c1-17(2)7-6-8-18(3)21-11-12-22-20-10-9-19-15-24(28)25(29)16-27(19,5)23(20)13-14-26(21,22)4/h17-25,28-29H,6-16H2,1-5H3/t18-,19+,20?,21?,22?,23?,24?,25?,26?,27?/m1/s1. The molecule has 0 aromatic rings. The predicted octanol–water partition coefficient (Wildman–Crippen LogP) is 6.44. The fourth-order valence-corrected chi connectivity index (χ4v) is 9.30. The molecule has 10 atom stereocenters. The first-order chi connectivity index (χ1) is 13.7. The molecule has 0 spiro atoms. The summed E-state index contributed by atoms with van der Waals surface area (Å²) in [5, 5.41) is 20.8. The van der Waals surface area contributed by atoms with Gasteiger partial charge in [0.05, 0.1) is 12.2 Å². The zero-order chi connectivity index (χ0) is 21.0. The van der Waals surface area contributed by atoms with E-state index in [4.69, 9.17) is 0 Å². The zero-order valence-corrected chi connectivity index (χ0v) is 19.9. The van der Waals surface area contributed by atoms with Gasteiger partial charge in [-0.15, -0.1) is 0 Å². The molecule has 0 radical (unpaired) electrons. The minimum atomic E-state index is -0.499. The highest BCUT2D eigenvalue weighted by molar-refractivity contribution is 5.10. The summed E-state index contributed by atoms with van der Waals surface area (Å²) in [6.45, 7) is 12.4. The summed E-state index contributed by atoms with van der Waals surface area (Å²) in [6, 6.07) is 0. The van der Waals surface area contributed by atoms with Crippen molar-refractivity contribution >= 4 is 0 Å². The van der Waals surface area contributed by atoms with Crippen LogP contribution in [0.25, 0.3) is 0 Å². The van der Waals surface area contributed by atoms with Crippen LogP contribution in [0.2, 0.25) is 0 Å². The third kappa shape index (κ3) is 3.73. The number of rotatable bonds is 5. The first-order valence-corrected chi connectivity index (χ1v) is 13.0. The third-order valence-corrected chi connectivity index (χ3v) is 10.9. The largest absolute Gasteiger partial charge is 0.390 e. The Bertz CT molecular complexity index is 573. The maximum atomic E-state index is 10.5. The Kier molecular flexibility index (Phi) is 6.19. The first-order valence-electron chi connectivity index (χ1n) is 13.0. The third-order valence-electron chi connectivity index (χ3n) is 10.9. The van der Waals surface area contributed by atoms with E-state index in [2.05, 4.69) is 34.6 Å². The first kappa shape index (κ1) is 22.1. The Hall–Kier alpha value is -0.0800. The second-order valence-electron chi connectivity index (χ2n) is 12.8. The van der Waals surface area contributed by atoms with Crippen molar-refractivity contribution in [3.63, 3.8) is 0 Å². The van der Waals surface area contributed by atoms with Crippen LogP contribution in [0.5, 0.6) is 0 Å². The van der Waals surface area contributed by atoms with Gasteiger partial charge in [0.25, 0.3) is 0 Å². The van der Waals surface area contributed by atoms with E-state index < -0.39 is 12.2 Å². The molecule has 4 fully saturated rings. The van der Waals surface area contributed by atoms with Crippen molar-refractivity contribution in [3.05, 3.63) is 0 Å². The molecular weight excluding hydrogens is 356 g/mol. The van der Waals surface area contributed by atoms with Crippen LogP contribution in [-0.2, 0) is 0 Å². The summed E-state index contributed by atoms with van der Waals surface area (Å²) in [5.74, 6) is 5.80. The summed E-state index contributed by atoms with van der Waals surface area (Å²) in [6.07, 6.45) is 13.2. The lowest BCUT2D eigenvalue weighted by Gasteiger charge is -2.61. The quantitative estimate of drug-likeness (QED) is 0.553. The molecule has 2 nitrogen and oxygen atoms in total. The van der Waals surface area contributed by atoms with E-state index in [1.54, 1.807) is 0 Å². The summed E-state index contributed by atoms with van der Waals surface area (Å²) in [4.78, 5) is 0. The second-order valence-corrected chi connectivity index (χ2v) is 12.8. The van der Waals surface area contributed by atoms with Gasteiger partial charge >= 0.3 is 0 Å². The van der Waals surface area contributed by atoms with Crippen LogP contribution in [0.1, 0.15) is 105 Å². The Morgan fingerprint density at radius 3 is 2.28 bits per heavy atom. The predicted molar refractivity (Wildman–Crippen MR) is 120 cm³/mol. The lowest BCUT2D eigenvalue weighted by molar-refractivity contribution is -0.160. The molecule has 4 aliphatic carbocycles. The molecule has 2 N–H and O–H groups in total. The maximum Gasteiger partial charge on any atom is 0.0804 e. The van der Waals surface area contributed by atoms with Crippen molar-refractivity contribution in [1.29, 1.82) is 0 Å². The fraction of sp³-hybridized carbons (Fsp3) is 1.00. The van der Waals surface area contributed by atoms with Gasteiger partial charge in [0.2, 0.25) is 0 Å². The highest BCUT2D eigenvalue weighted by atomic mass is 16.3. The zero-order valence-electron chi connectivity index (χ0n) is 19.9. The van der Waals surface area contributed by atoms with Gasteiger partial charge in [0.15, 0.2) is 0 Å². The molecule has 0 saturated heterocycles. The van der Waals surface area contributed by atoms with Gasteiger partial charge in [-0.05, 0) is 104 Å². The van der Waals surface area contributed by atoms with Crippen LogP contribution < -0.4 is 0 Å². The molecule has 0 bridgehead atoms. The van der Waals surface area contributed by atoms with Crippen LogP contribution in [0.3, 0.4) is 0 Å². The molecular formula is C27H48O2. The average molecular weight is 405 g/mol. The van der Waals surface area contributed by atoms with Crippen molar-refractivity contribution in [1.82, 2.24) is 0 Å². The molecule has 8 unspecified atom stereocenters. The Morgan fingerprint density at radius 1 is 0.828 bits per heavy atom. The molecule has 0 aromatic heterocycles. The lowest BCUT2D eigenvalue weighted by atomic mass is 9.44. The summed E-state index contributed by atoms with van der Waals surface area (Å²) in [7, 11) is 0. The molecule has 0 amide bonds. The van der Waals surface area contributed by atoms with E-state index in [1.165, 1.54) is 57.8 Å². The van der Waals surface area contributed by atoms with Gasteiger partial charge in [0.1, 0.15) is 0 Å². The van der Waals surface area contributed by atoms with E-state index >= 15 is 0 Å². The molecule has 168 valence electrons. The van der Waals surface area contributed by atoms with E-state index in [-0.39, 0.29) is 5.41 Å². The van der Waals surface area contributed by atoms with Crippen LogP contribution >= 0.6 is 0 Å². The second kappa shape index (κ2) is 8.12. The number of aliphatic hydroxyl groups is 2. The molecule has 0 aliphatic heterocycles. The number of hydrogen-bond acceptors (Lipinski definition) is 2. The maximum absolute atomic E-state index is 10.5. The topological polar surface area (TPSA) is 40.5 Å². The Balaban J connectivity index is 1.47. The van der Waals surface area contributed by atoms with Crippen molar-refractivity contribution in [2.75, 3.05) is 0 Å². The Morgan fingerprint density at radius 2 is 1.55 bits per heavy atom. The molecule has 4 rings (SSSR count). The fourth-order valence-electron chi connectivity index (χ4n) is 9.30. The highest BCUT2D eigenvalue weighted by Gasteiger charge is 2.61. The van der Waals surface area contributed by atoms with Crippen molar-refractivity contribution in [2.45, 2.75) is 117 Å². The summed E-state index contributed by atoms with van der Waals surface area (Å²) >= 11 is 0. The number of hydrogen-bond donors (Lipinski definition) is 2. The van der Waals surface area contributed by atoms with Gasteiger partial charge in [-0.2, -0.15) is 0 Å². The SMILES string of the molecule is CC(C)CCC[C@@H](C)C1CCC2C3CC[C@H]4CC(O)C(O)CC4(C)C3CCC21C. The van der Waals surface area contributed by atoms with Crippen molar-refractivity contribution in [3.8, 4) is 0 Å². The van der Waals surface area contributed by atoms with E-state index in [1.807, 2.05) is 0 Å². The molecule has 4 saturated carbocycles. The normalized spacial score (nSPS) is 50.7. The van der Waals surface area contributed by atoms with Crippen LogP contribution in [0, 0.1) is 52.3 Å². The smallest absolute Gasteiger partial charge is 0.0804 e. The van der Waals surface area contributed by atoms with Crippen LogP contribution in [0.15, 0.2) is 0 Å². The van der Waals surface area contributed by atoms with Gasteiger partial charge in [-0.3, -0.25) is 0 Å². The van der Waals surface area contributed by atoms with Crippen LogP contribution in [-0.4, -0.2) is 22.4 Å². The van der Waals surface area contributed by atoms with Gasteiger partial charge in [-0.25, -0.2) is 0 Å². The molecule has 29 heavy (non-hydrogen) atoms. The molecule has 0 heterocycles. The van der Waals surface area contributed by atoms with Gasteiger partial charge < -0.3 is 10.2 Å². The molecule has 0 aromatic carbocycles. The van der Waals surface area contributed by atoms with Crippen molar-refractivity contribution < 1.29 is 10.2 Å². The highest BCUT2D eigenvalue weighted by Crippen LogP contribution is 2.68. The van der Waals surface area contributed by atoms with Crippen molar-refractivity contribution in [2.24, 2.45) is 52.3 Å². The lowest BCUT2D eigenvalue weighted by Crippen LogP contribution is -2.56. The summed E-state index contributed by atoms with van der Waals surface area (Å²) in [5.41, 5.74) is 0.804. The van der Waals surface area contributed by atoms with E-state index in [9.17, 15) is 10.2 Å². The van der Waals surface area contributed by atoms with Gasteiger partial charge in [0, 0.05) is 0 Å². The minimum absolute atomic E-state index is 0.254. The van der Waals surface area contributed by atoms with E-state index in [0.717, 1.165) is 48.3 Å². The average Bonchev–Trinajstić information content (AvgIpc) is 3.00.